The van der Waals surface area contributed by atoms with Gasteiger partial charge in [-0.05, 0) is 6.92 Å². The zero-order valence-corrected chi connectivity index (χ0v) is 9.82. The molecule has 6 nitrogen and oxygen atoms in total. The molecule has 1 aromatic rings. The molecule has 6 heteroatoms. The van der Waals surface area contributed by atoms with Gasteiger partial charge in [0.2, 0.25) is 0 Å². The molecule has 0 aliphatic rings. The fourth-order valence-electron chi connectivity index (χ4n) is 1.35. The smallest absolute Gasteiger partial charge is 0.257 e. The van der Waals surface area contributed by atoms with Gasteiger partial charge in [0.15, 0.2) is 5.43 Å². The lowest BCUT2D eigenvalue weighted by atomic mass is 10.2. The number of nitrogens with one attached hydrogen (secondary N) is 2. The Hall–Kier alpha value is -1.66. The molecule has 1 unspecified atom stereocenters. The fourth-order valence-corrected chi connectivity index (χ4v) is 1.35. The van der Waals surface area contributed by atoms with Crippen molar-refractivity contribution in [3.05, 3.63) is 33.7 Å². The molecule has 94 valence electrons. The minimum Gasteiger partial charge on any atom is -0.394 e. The summed E-state index contributed by atoms with van der Waals surface area (Å²) >= 11 is 0. The Labute approximate surface area is 98.6 Å². The number of amides is 1. The molecule has 1 rings (SSSR count). The molecule has 0 saturated carbocycles. The summed E-state index contributed by atoms with van der Waals surface area (Å²) in [5.41, 5.74) is 0.347. The topological polar surface area (TPSA) is 91.4 Å². The van der Waals surface area contributed by atoms with E-state index < -0.39 is 11.9 Å². The molecule has 0 aromatic carbocycles. The van der Waals surface area contributed by atoms with Crippen molar-refractivity contribution in [1.29, 1.82) is 0 Å². The molecular weight excluding hydrogens is 224 g/mol. The molecular formula is C11H16N2O4. The van der Waals surface area contributed by atoms with Gasteiger partial charge in [-0.3, -0.25) is 9.59 Å². The Balaban J connectivity index is 2.79. The van der Waals surface area contributed by atoms with Crippen molar-refractivity contribution in [3.63, 3.8) is 0 Å². The summed E-state index contributed by atoms with van der Waals surface area (Å²) in [6, 6.07) is 0.826. The van der Waals surface area contributed by atoms with Crippen LogP contribution in [0.15, 0.2) is 17.1 Å². The largest absolute Gasteiger partial charge is 0.394 e. The van der Waals surface area contributed by atoms with Gasteiger partial charge < -0.3 is 20.1 Å². The minimum atomic E-state index is -0.526. The van der Waals surface area contributed by atoms with Gasteiger partial charge in [0.05, 0.1) is 19.3 Å². The van der Waals surface area contributed by atoms with E-state index in [2.05, 4.69) is 10.3 Å². The number of ether oxygens (including phenoxy) is 1. The number of rotatable bonds is 5. The number of carbonyl (C=O) groups excluding carboxylic acids is 1. The molecule has 0 aliphatic carbocycles. The van der Waals surface area contributed by atoms with Crippen LogP contribution in [0, 0.1) is 6.92 Å². The monoisotopic (exact) mass is 240 g/mol. The number of aromatic nitrogens is 1. The van der Waals surface area contributed by atoms with Crippen LogP contribution >= 0.6 is 0 Å². The molecule has 0 aliphatic heterocycles. The van der Waals surface area contributed by atoms with E-state index in [-0.39, 0.29) is 24.2 Å². The number of hydrogen-bond acceptors (Lipinski definition) is 4. The van der Waals surface area contributed by atoms with Crippen LogP contribution in [0.25, 0.3) is 0 Å². The van der Waals surface area contributed by atoms with Gasteiger partial charge in [-0.2, -0.15) is 0 Å². The Morgan fingerprint density at radius 2 is 2.35 bits per heavy atom. The van der Waals surface area contributed by atoms with E-state index in [0.29, 0.717) is 5.69 Å². The molecule has 1 aromatic heterocycles. The Morgan fingerprint density at radius 1 is 1.65 bits per heavy atom. The number of aliphatic hydroxyl groups is 1. The lowest BCUT2D eigenvalue weighted by Gasteiger charge is -2.14. The van der Waals surface area contributed by atoms with Crippen LogP contribution in [0.5, 0.6) is 0 Å². The van der Waals surface area contributed by atoms with Crippen LogP contribution in [0.1, 0.15) is 16.1 Å². The van der Waals surface area contributed by atoms with Crippen molar-refractivity contribution < 1.29 is 14.6 Å². The van der Waals surface area contributed by atoms with E-state index in [1.807, 2.05) is 0 Å². The molecule has 0 radical (unpaired) electrons. The third kappa shape index (κ3) is 3.69. The highest BCUT2D eigenvalue weighted by Crippen LogP contribution is 1.94. The van der Waals surface area contributed by atoms with Crippen molar-refractivity contribution in [2.24, 2.45) is 0 Å². The van der Waals surface area contributed by atoms with E-state index in [0.717, 1.165) is 0 Å². The number of H-pyrrole nitrogens is 1. The average Bonchev–Trinajstić information content (AvgIpc) is 2.28. The maximum Gasteiger partial charge on any atom is 0.257 e. The summed E-state index contributed by atoms with van der Waals surface area (Å²) in [5, 5.41) is 11.5. The highest BCUT2D eigenvalue weighted by Gasteiger charge is 2.15. The van der Waals surface area contributed by atoms with E-state index >= 15 is 0 Å². The summed E-state index contributed by atoms with van der Waals surface area (Å²) in [4.78, 5) is 26.0. The summed E-state index contributed by atoms with van der Waals surface area (Å²) in [6.07, 6.45) is 1.36. The van der Waals surface area contributed by atoms with Crippen LogP contribution in [0.2, 0.25) is 0 Å². The van der Waals surface area contributed by atoms with Crippen LogP contribution in [-0.4, -0.2) is 42.4 Å². The molecule has 1 heterocycles. The zero-order valence-electron chi connectivity index (χ0n) is 9.82. The number of pyridine rings is 1. The molecule has 0 bridgehead atoms. The molecule has 3 N–H and O–H groups in total. The SMILES string of the molecule is COCC(CO)NC(=O)c1c[nH]c(C)cc1=O. The number of aryl methyl sites for hydroxylation is 1. The van der Waals surface area contributed by atoms with Crippen LogP contribution in [0.4, 0.5) is 0 Å². The van der Waals surface area contributed by atoms with Gasteiger partial charge in [0.25, 0.3) is 5.91 Å². The molecule has 0 spiro atoms. The lowest BCUT2D eigenvalue weighted by Crippen LogP contribution is -2.42. The van der Waals surface area contributed by atoms with Gasteiger partial charge in [-0.25, -0.2) is 0 Å². The second-order valence-corrected chi connectivity index (χ2v) is 3.70. The fraction of sp³-hybridized carbons (Fsp3) is 0.455. The second kappa shape index (κ2) is 6.17. The normalized spacial score (nSPS) is 12.2. The highest BCUT2D eigenvalue weighted by molar-refractivity contribution is 5.93. The molecule has 0 saturated heterocycles. The molecule has 17 heavy (non-hydrogen) atoms. The first-order valence-corrected chi connectivity index (χ1v) is 5.18. The zero-order chi connectivity index (χ0) is 12.8. The first-order valence-electron chi connectivity index (χ1n) is 5.18. The second-order valence-electron chi connectivity index (χ2n) is 3.70. The molecule has 1 atom stereocenters. The van der Waals surface area contributed by atoms with E-state index in [4.69, 9.17) is 9.84 Å². The standard InChI is InChI=1S/C11H16N2O4/c1-7-3-10(15)9(4-12-7)11(16)13-8(5-14)6-17-2/h3-4,8,14H,5-6H2,1-2H3,(H,12,15)(H,13,16). The summed E-state index contributed by atoms with van der Waals surface area (Å²) in [5.74, 6) is -0.526. The van der Waals surface area contributed by atoms with Crippen molar-refractivity contribution in [3.8, 4) is 0 Å². The van der Waals surface area contributed by atoms with Gasteiger partial charge in [0.1, 0.15) is 5.56 Å². The number of aromatic amines is 1. The maximum absolute atomic E-state index is 11.7. The molecule has 1 amide bonds. The minimum absolute atomic E-state index is 0.0187. The number of methoxy groups -OCH3 is 1. The number of aliphatic hydroxyl groups excluding tert-OH is 1. The van der Waals surface area contributed by atoms with E-state index in [1.165, 1.54) is 19.4 Å². The average molecular weight is 240 g/mol. The van der Waals surface area contributed by atoms with Gasteiger partial charge >= 0.3 is 0 Å². The Bertz CT molecular complexity index is 441. The highest BCUT2D eigenvalue weighted by atomic mass is 16.5. The third-order valence-electron chi connectivity index (χ3n) is 2.23. The predicted octanol–water partition coefficient (Wildman–Crippen LogP) is -0.580. The van der Waals surface area contributed by atoms with Crippen molar-refractivity contribution in [2.45, 2.75) is 13.0 Å². The molecule has 0 fully saturated rings. The van der Waals surface area contributed by atoms with Crippen molar-refractivity contribution in [1.82, 2.24) is 10.3 Å². The first kappa shape index (κ1) is 13.4. The van der Waals surface area contributed by atoms with Crippen molar-refractivity contribution in [2.75, 3.05) is 20.3 Å². The number of hydrogen-bond donors (Lipinski definition) is 3. The third-order valence-corrected chi connectivity index (χ3v) is 2.23. The van der Waals surface area contributed by atoms with Gasteiger partial charge in [-0.1, -0.05) is 0 Å². The first-order chi connectivity index (χ1) is 8.08. The Kier molecular flexibility index (Phi) is 4.86. The Morgan fingerprint density at radius 3 is 2.88 bits per heavy atom. The van der Waals surface area contributed by atoms with Gasteiger partial charge in [-0.15, -0.1) is 0 Å². The summed E-state index contributed by atoms with van der Waals surface area (Å²) in [6.45, 7) is 1.67. The van der Waals surface area contributed by atoms with E-state index in [1.54, 1.807) is 6.92 Å². The van der Waals surface area contributed by atoms with Crippen molar-refractivity contribution >= 4 is 5.91 Å². The van der Waals surface area contributed by atoms with E-state index in [9.17, 15) is 9.59 Å². The van der Waals surface area contributed by atoms with Gasteiger partial charge in [0, 0.05) is 25.1 Å². The van der Waals surface area contributed by atoms with Crippen LogP contribution < -0.4 is 10.7 Å². The predicted molar refractivity (Wildman–Crippen MR) is 62.0 cm³/mol. The number of carbonyl (C=O) groups is 1. The van der Waals surface area contributed by atoms with Crippen LogP contribution in [0.3, 0.4) is 0 Å². The summed E-state index contributed by atoms with van der Waals surface area (Å²) < 4.78 is 4.82. The summed E-state index contributed by atoms with van der Waals surface area (Å²) in [7, 11) is 1.47. The lowest BCUT2D eigenvalue weighted by molar-refractivity contribution is 0.0838. The maximum atomic E-state index is 11.7. The quantitative estimate of drug-likeness (QED) is 0.642. The van der Waals surface area contributed by atoms with Crippen LogP contribution in [-0.2, 0) is 4.74 Å².